The lowest BCUT2D eigenvalue weighted by Gasteiger charge is -2.35. The van der Waals surface area contributed by atoms with Gasteiger partial charge in [0.05, 0.1) is 13.2 Å². The Morgan fingerprint density at radius 1 is 1.25 bits per heavy atom. The minimum atomic E-state index is -3.33. The molecule has 0 aromatic heterocycles. The Balaban J connectivity index is 2.08. The van der Waals surface area contributed by atoms with E-state index in [9.17, 15) is 8.42 Å². The molecule has 0 aromatic rings. The van der Waals surface area contributed by atoms with Gasteiger partial charge in [0, 0.05) is 52.1 Å². The molecule has 0 unspecified atom stereocenters. The largest absolute Gasteiger partial charge is 0.379 e. The molecule has 0 aromatic carbocycles. The van der Waals surface area contributed by atoms with Crippen LogP contribution in [0, 0.1) is 0 Å². The highest BCUT2D eigenvalue weighted by Crippen LogP contribution is 2.21. The zero-order valence-electron chi connectivity index (χ0n) is 12.3. The predicted molar refractivity (Wildman–Crippen MR) is 82.3 cm³/mol. The summed E-state index contributed by atoms with van der Waals surface area (Å²) >= 11 is 1.86. The first kappa shape index (κ1) is 16.5. The molecule has 2 rings (SSSR count). The fourth-order valence-electron chi connectivity index (χ4n) is 2.55. The van der Waals surface area contributed by atoms with Gasteiger partial charge >= 0.3 is 0 Å². The third-order valence-corrected chi connectivity index (χ3v) is 6.91. The van der Waals surface area contributed by atoms with Gasteiger partial charge in [-0.05, 0) is 12.2 Å². The summed E-state index contributed by atoms with van der Waals surface area (Å²) in [4.78, 5) is 2.32. The topological polar surface area (TPSA) is 53.1 Å². The molecule has 2 heterocycles. The standard InChI is InChI=1S/C12H25N3O3S2/c1-13(2)20(16,17)15-4-3-9-19-11-12(15)10-14-5-7-18-8-6-14/h12H,3-11H2,1-2H3/t12-/m0/s1. The maximum atomic E-state index is 12.5. The Morgan fingerprint density at radius 2 is 1.95 bits per heavy atom. The summed E-state index contributed by atoms with van der Waals surface area (Å²) in [5, 5.41) is 0. The number of rotatable bonds is 4. The molecular weight excluding hydrogens is 298 g/mol. The van der Waals surface area contributed by atoms with Crippen molar-refractivity contribution in [3.05, 3.63) is 0 Å². The zero-order valence-corrected chi connectivity index (χ0v) is 14.0. The van der Waals surface area contributed by atoms with Crippen LogP contribution in [0.25, 0.3) is 0 Å². The van der Waals surface area contributed by atoms with Crippen molar-refractivity contribution in [2.24, 2.45) is 0 Å². The number of thioether (sulfide) groups is 1. The molecule has 0 amide bonds. The molecule has 0 N–H and O–H groups in total. The van der Waals surface area contributed by atoms with Crippen LogP contribution in [0.5, 0.6) is 0 Å². The van der Waals surface area contributed by atoms with Crippen LogP contribution in [-0.2, 0) is 14.9 Å². The van der Waals surface area contributed by atoms with Crippen LogP contribution in [0.15, 0.2) is 0 Å². The van der Waals surface area contributed by atoms with E-state index >= 15 is 0 Å². The smallest absolute Gasteiger partial charge is 0.281 e. The maximum Gasteiger partial charge on any atom is 0.281 e. The molecule has 6 nitrogen and oxygen atoms in total. The minimum absolute atomic E-state index is 0.0630. The van der Waals surface area contributed by atoms with E-state index in [1.807, 2.05) is 11.8 Å². The summed E-state index contributed by atoms with van der Waals surface area (Å²) in [6, 6.07) is 0.0630. The summed E-state index contributed by atoms with van der Waals surface area (Å²) in [5.74, 6) is 1.92. The van der Waals surface area contributed by atoms with E-state index in [4.69, 9.17) is 4.74 Å². The summed E-state index contributed by atoms with van der Waals surface area (Å²) in [6.07, 6.45) is 0.928. The SMILES string of the molecule is CN(C)S(=O)(=O)N1CCCSC[C@@H]1CN1CCOCC1. The average molecular weight is 323 g/mol. The fraction of sp³-hybridized carbons (Fsp3) is 1.00. The summed E-state index contributed by atoms with van der Waals surface area (Å²) in [7, 11) is -0.107. The van der Waals surface area contributed by atoms with Crippen molar-refractivity contribution in [2.45, 2.75) is 12.5 Å². The highest BCUT2D eigenvalue weighted by molar-refractivity contribution is 7.99. The number of nitrogens with zero attached hydrogens (tertiary/aromatic N) is 3. The Hall–Kier alpha value is 0.140. The van der Waals surface area contributed by atoms with Crippen LogP contribution < -0.4 is 0 Å². The fourth-order valence-corrected chi connectivity index (χ4v) is 5.00. The van der Waals surface area contributed by atoms with Crippen LogP contribution in [0.3, 0.4) is 0 Å². The van der Waals surface area contributed by atoms with Gasteiger partial charge in [0.15, 0.2) is 0 Å². The highest BCUT2D eigenvalue weighted by Gasteiger charge is 2.34. The highest BCUT2D eigenvalue weighted by atomic mass is 32.2. The monoisotopic (exact) mass is 323 g/mol. The molecule has 0 radical (unpaired) electrons. The van der Waals surface area contributed by atoms with Gasteiger partial charge < -0.3 is 4.74 Å². The molecule has 1 atom stereocenters. The van der Waals surface area contributed by atoms with Crippen molar-refractivity contribution in [2.75, 3.05) is 65.0 Å². The van der Waals surface area contributed by atoms with Gasteiger partial charge in [0.1, 0.15) is 0 Å². The molecule has 2 aliphatic heterocycles. The first-order valence-electron chi connectivity index (χ1n) is 7.09. The van der Waals surface area contributed by atoms with E-state index in [-0.39, 0.29) is 6.04 Å². The van der Waals surface area contributed by atoms with Crippen molar-refractivity contribution in [1.82, 2.24) is 13.5 Å². The Morgan fingerprint density at radius 3 is 2.60 bits per heavy atom. The molecule has 2 saturated heterocycles. The molecule has 20 heavy (non-hydrogen) atoms. The summed E-state index contributed by atoms with van der Waals surface area (Å²) in [6.45, 7) is 4.74. The van der Waals surface area contributed by atoms with E-state index in [1.54, 1.807) is 18.4 Å². The second-order valence-corrected chi connectivity index (χ2v) is 8.64. The molecule has 2 fully saturated rings. The third kappa shape index (κ3) is 4.08. The lowest BCUT2D eigenvalue weighted by molar-refractivity contribution is 0.0307. The van der Waals surface area contributed by atoms with E-state index < -0.39 is 10.2 Å². The lowest BCUT2D eigenvalue weighted by Crippen LogP contribution is -2.52. The molecule has 0 spiro atoms. The molecule has 2 aliphatic rings. The summed E-state index contributed by atoms with van der Waals surface area (Å²) in [5.41, 5.74) is 0. The summed E-state index contributed by atoms with van der Waals surface area (Å²) < 4.78 is 33.4. The van der Waals surface area contributed by atoms with Gasteiger partial charge in [-0.3, -0.25) is 4.90 Å². The van der Waals surface area contributed by atoms with Gasteiger partial charge in [-0.2, -0.15) is 28.8 Å². The number of ether oxygens (including phenoxy) is 1. The number of hydrogen-bond acceptors (Lipinski definition) is 5. The molecule has 8 heteroatoms. The second-order valence-electron chi connectivity index (χ2n) is 5.40. The Kier molecular flexibility index (Phi) is 6.12. The first-order chi connectivity index (χ1) is 9.51. The average Bonchev–Trinajstić information content (AvgIpc) is 2.65. The normalized spacial score (nSPS) is 27.6. The van der Waals surface area contributed by atoms with E-state index in [1.165, 1.54) is 4.31 Å². The van der Waals surface area contributed by atoms with Crippen molar-refractivity contribution in [3.8, 4) is 0 Å². The van der Waals surface area contributed by atoms with Crippen LogP contribution in [0.1, 0.15) is 6.42 Å². The van der Waals surface area contributed by atoms with Gasteiger partial charge in [0.2, 0.25) is 0 Å². The maximum absolute atomic E-state index is 12.5. The van der Waals surface area contributed by atoms with E-state index in [0.29, 0.717) is 6.54 Å². The second kappa shape index (κ2) is 7.42. The van der Waals surface area contributed by atoms with E-state index in [2.05, 4.69) is 4.90 Å². The van der Waals surface area contributed by atoms with Crippen LogP contribution in [0.4, 0.5) is 0 Å². The number of hydrogen-bond donors (Lipinski definition) is 0. The van der Waals surface area contributed by atoms with Crippen molar-refractivity contribution >= 4 is 22.0 Å². The zero-order chi connectivity index (χ0) is 14.6. The Labute approximate surface area is 126 Å². The Bertz CT molecular complexity index is 397. The quantitative estimate of drug-likeness (QED) is 0.725. The van der Waals surface area contributed by atoms with Crippen molar-refractivity contribution in [3.63, 3.8) is 0 Å². The molecular formula is C12H25N3O3S2. The molecule has 0 bridgehead atoms. The van der Waals surface area contributed by atoms with E-state index in [0.717, 1.165) is 50.8 Å². The van der Waals surface area contributed by atoms with Gasteiger partial charge in [-0.1, -0.05) is 0 Å². The third-order valence-electron chi connectivity index (χ3n) is 3.72. The van der Waals surface area contributed by atoms with Crippen molar-refractivity contribution < 1.29 is 13.2 Å². The lowest BCUT2D eigenvalue weighted by atomic mass is 10.2. The minimum Gasteiger partial charge on any atom is -0.379 e. The van der Waals surface area contributed by atoms with Crippen LogP contribution in [-0.4, -0.2) is 93.0 Å². The van der Waals surface area contributed by atoms with Crippen LogP contribution >= 0.6 is 11.8 Å². The van der Waals surface area contributed by atoms with Gasteiger partial charge in [-0.25, -0.2) is 0 Å². The van der Waals surface area contributed by atoms with Crippen molar-refractivity contribution in [1.29, 1.82) is 0 Å². The van der Waals surface area contributed by atoms with Gasteiger partial charge in [0.25, 0.3) is 10.2 Å². The first-order valence-corrected chi connectivity index (χ1v) is 9.64. The molecule has 0 saturated carbocycles. The van der Waals surface area contributed by atoms with Crippen LogP contribution in [0.2, 0.25) is 0 Å². The number of morpholine rings is 1. The molecule has 0 aliphatic carbocycles. The predicted octanol–water partition coefficient (Wildman–Crippen LogP) is -0.0675. The van der Waals surface area contributed by atoms with Gasteiger partial charge in [-0.15, -0.1) is 0 Å². The molecule has 118 valence electrons.